The van der Waals surface area contributed by atoms with Crippen LogP contribution in [0.4, 0.5) is 4.79 Å². The van der Waals surface area contributed by atoms with Gasteiger partial charge >= 0.3 is 6.03 Å². The molecule has 1 amide bonds. The summed E-state index contributed by atoms with van der Waals surface area (Å²) in [5, 5.41) is 11.3. The van der Waals surface area contributed by atoms with Gasteiger partial charge in [-0.2, -0.15) is 11.8 Å². The molecule has 5 nitrogen and oxygen atoms in total. The SMILES string of the molecule is O=C(NCCSCCCO)n1ccnc1. The lowest BCUT2D eigenvalue weighted by Gasteiger charge is -2.04. The Morgan fingerprint density at radius 2 is 2.40 bits per heavy atom. The van der Waals surface area contributed by atoms with E-state index in [2.05, 4.69) is 10.3 Å². The van der Waals surface area contributed by atoms with Crippen molar-refractivity contribution in [2.45, 2.75) is 6.42 Å². The van der Waals surface area contributed by atoms with Crippen LogP contribution in [-0.2, 0) is 0 Å². The average Bonchev–Trinajstić information content (AvgIpc) is 2.76. The van der Waals surface area contributed by atoms with Gasteiger partial charge in [-0.25, -0.2) is 9.78 Å². The average molecular weight is 229 g/mol. The van der Waals surface area contributed by atoms with E-state index >= 15 is 0 Å². The molecule has 1 rings (SSSR count). The molecule has 0 bridgehead atoms. The summed E-state index contributed by atoms with van der Waals surface area (Å²) in [4.78, 5) is 15.1. The number of carbonyl (C=O) groups is 1. The van der Waals surface area contributed by atoms with Gasteiger partial charge < -0.3 is 10.4 Å². The number of aromatic nitrogens is 2. The van der Waals surface area contributed by atoms with E-state index in [1.807, 2.05) is 0 Å². The Hall–Kier alpha value is -1.01. The number of thioether (sulfide) groups is 1. The normalized spacial score (nSPS) is 10.2. The second-order valence-electron chi connectivity index (χ2n) is 2.89. The molecule has 0 aliphatic carbocycles. The number of amides is 1. The molecule has 15 heavy (non-hydrogen) atoms. The fraction of sp³-hybridized carbons (Fsp3) is 0.556. The Kier molecular flexibility index (Phi) is 5.87. The quantitative estimate of drug-likeness (QED) is 0.699. The number of hydrogen-bond donors (Lipinski definition) is 2. The highest BCUT2D eigenvalue weighted by molar-refractivity contribution is 7.99. The van der Waals surface area contributed by atoms with Crippen LogP contribution in [0, 0.1) is 0 Å². The Bertz CT molecular complexity index is 277. The van der Waals surface area contributed by atoms with E-state index in [-0.39, 0.29) is 12.6 Å². The predicted molar refractivity (Wildman–Crippen MR) is 60.1 cm³/mol. The third-order valence-corrected chi connectivity index (χ3v) is 2.78. The smallest absolute Gasteiger partial charge is 0.326 e. The Morgan fingerprint density at radius 1 is 1.53 bits per heavy atom. The van der Waals surface area contributed by atoms with Crippen molar-refractivity contribution in [1.29, 1.82) is 0 Å². The number of aliphatic hydroxyl groups excluding tert-OH is 1. The second-order valence-corrected chi connectivity index (χ2v) is 4.12. The van der Waals surface area contributed by atoms with Crippen molar-refractivity contribution in [3.05, 3.63) is 18.7 Å². The topological polar surface area (TPSA) is 67.2 Å². The molecule has 0 saturated carbocycles. The van der Waals surface area contributed by atoms with Crippen LogP contribution in [0.3, 0.4) is 0 Å². The molecule has 1 aromatic heterocycles. The summed E-state index contributed by atoms with van der Waals surface area (Å²) < 4.78 is 1.40. The van der Waals surface area contributed by atoms with Gasteiger partial charge in [0.15, 0.2) is 0 Å². The van der Waals surface area contributed by atoms with Crippen LogP contribution in [0.25, 0.3) is 0 Å². The molecule has 0 unspecified atom stereocenters. The molecule has 0 aliphatic heterocycles. The summed E-state index contributed by atoms with van der Waals surface area (Å²) in [6, 6.07) is -0.157. The van der Waals surface area contributed by atoms with Crippen LogP contribution in [0.5, 0.6) is 0 Å². The molecule has 0 aromatic carbocycles. The molecule has 0 radical (unpaired) electrons. The van der Waals surface area contributed by atoms with Gasteiger partial charge in [0.1, 0.15) is 6.33 Å². The van der Waals surface area contributed by atoms with Gasteiger partial charge in [0.2, 0.25) is 0 Å². The molecular formula is C9H15N3O2S. The number of aliphatic hydroxyl groups is 1. The summed E-state index contributed by atoms with van der Waals surface area (Å²) in [6.07, 6.45) is 5.44. The minimum atomic E-state index is -0.157. The number of nitrogens with one attached hydrogen (secondary N) is 1. The maximum absolute atomic E-state index is 11.4. The molecular weight excluding hydrogens is 214 g/mol. The highest BCUT2D eigenvalue weighted by Crippen LogP contribution is 1.99. The summed E-state index contributed by atoms with van der Waals surface area (Å²) in [6.45, 7) is 0.863. The van der Waals surface area contributed by atoms with Crippen LogP contribution in [0.15, 0.2) is 18.7 Å². The van der Waals surface area contributed by atoms with Crippen LogP contribution < -0.4 is 5.32 Å². The van der Waals surface area contributed by atoms with E-state index < -0.39 is 0 Å². The van der Waals surface area contributed by atoms with E-state index in [9.17, 15) is 4.79 Å². The molecule has 0 atom stereocenters. The fourth-order valence-corrected chi connectivity index (χ4v) is 1.75. The van der Waals surface area contributed by atoms with Crippen LogP contribution in [-0.4, -0.2) is 45.3 Å². The first kappa shape index (κ1) is 12.1. The number of carbonyl (C=O) groups excluding carboxylic acids is 1. The summed E-state index contributed by atoms with van der Waals surface area (Å²) in [5.41, 5.74) is 0. The van der Waals surface area contributed by atoms with Gasteiger partial charge in [0.05, 0.1) is 0 Å². The van der Waals surface area contributed by atoms with Gasteiger partial charge in [-0.1, -0.05) is 0 Å². The molecule has 0 saturated heterocycles. The standard InChI is InChI=1S/C9H15N3O2S/c13-5-1-6-15-7-3-11-9(14)12-4-2-10-8-12/h2,4,8,13H,1,3,5-7H2,(H,11,14). The molecule has 0 aliphatic rings. The van der Waals surface area contributed by atoms with Crippen molar-refractivity contribution >= 4 is 17.8 Å². The van der Waals surface area contributed by atoms with Crippen molar-refractivity contribution in [2.24, 2.45) is 0 Å². The first-order chi connectivity index (χ1) is 7.34. The molecule has 1 heterocycles. The third kappa shape index (κ3) is 4.85. The highest BCUT2D eigenvalue weighted by Gasteiger charge is 2.00. The van der Waals surface area contributed by atoms with Crippen molar-refractivity contribution in [2.75, 3.05) is 24.7 Å². The van der Waals surface area contributed by atoms with Gasteiger partial charge in [0, 0.05) is 31.3 Å². The molecule has 0 spiro atoms. The lowest BCUT2D eigenvalue weighted by atomic mass is 10.5. The van der Waals surface area contributed by atoms with Crippen molar-refractivity contribution < 1.29 is 9.90 Å². The Labute approximate surface area is 92.9 Å². The highest BCUT2D eigenvalue weighted by atomic mass is 32.2. The van der Waals surface area contributed by atoms with Crippen molar-refractivity contribution in [3.8, 4) is 0 Å². The van der Waals surface area contributed by atoms with Gasteiger partial charge in [-0.05, 0) is 12.2 Å². The summed E-state index contributed by atoms with van der Waals surface area (Å²) in [7, 11) is 0. The van der Waals surface area contributed by atoms with E-state index in [1.165, 1.54) is 10.9 Å². The van der Waals surface area contributed by atoms with Gasteiger partial charge in [-0.3, -0.25) is 4.57 Å². The molecule has 84 valence electrons. The minimum absolute atomic E-state index is 0.157. The number of rotatable bonds is 6. The van der Waals surface area contributed by atoms with E-state index in [1.54, 1.807) is 24.2 Å². The van der Waals surface area contributed by atoms with E-state index in [4.69, 9.17) is 5.11 Å². The van der Waals surface area contributed by atoms with Crippen LogP contribution in [0.1, 0.15) is 6.42 Å². The first-order valence-electron chi connectivity index (χ1n) is 4.79. The molecule has 0 fully saturated rings. The number of nitrogens with zero attached hydrogens (tertiary/aromatic N) is 2. The monoisotopic (exact) mass is 229 g/mol. The zero-order valence-electron chi connectivity index (χ0n) is 8.43. The Morgan fingerprint density at radius 3 is 3.07 bits per heavy atom. The van der Waals surface area contributed by atoms with Crippen molar-refractivity contribution in [1.82, 2.24) is 14.9 Å². The zero-order valence-corrected chi connectivity index (χ0v) is 9.24. The lowest BCUT2D eigenvalue weighted by molar-refractivity contribution is 0.243. The fourth-order valence-electron chi connectivity index (χ4n) is 0.969. The third-order valence-electron chi connectivity index (χ3n) is 1.71. The van der Waals surface area contributed by atoms with Crippen LogP contribution >= 0.6 is 11.8 Å². The lowest BCUT2D eigenvalue weighted by Crippen LogP contribution is -2.29. The van der Waals surface area contributed by atoms with Gasteiger partial charge in [0.25, 0.3) is 0 Å². The zero-order chi connectivity index (χ0) is 10.9. The van der Waals surface area contributed by atoms with Crippen LogP contribution in [0.2, 0.25) is 0 Å². The Balaban J connectivity index is 2.03. The largest absolute Gasteiger partial charge is 0.396 e. The number of hydrogen-bond acceptors (Lipinski definition) is 4. The predicted octanol–water partition coefficient (Wildman–Crippen LogP) is 0.556. The maximum atomic E-state index is 11.4. The van der Waals surface area contributed by atoms with Crippen molar-refractivity contribution in [3.63, 3.8) is 0 Å². The number of imidazole rings is 1. The second kappa shape index (κ2) is 7.30. The van der Waals surface area contributed by atoms with E-state index in [0.29, 0.717) is 6.54 Å². The molecule has 1 aromatic rings. The first-order valence-corrected chi connectivity index (χ1v) is 5.95. The maximum Gasteiger partial charge on any atom is 0.326 e. The summed E-state index contributed by atoms with van der Waals surface area (Å²) >= 11 is 1.72. The van der Waals surface area contributed by atoms with E-state index in [0.717, 1.165) is 17.9 Å². The summed E-state index contributed by atoms with van der Waals surface area (Å²) in [5.74, 6) is 1.79. The minimum Gasteiger partial charge on any atom is -0.396 e. The molecule has 2 N–H and O–H groups in total. The van der Waals surface area contributed by atoms with Gasteiger partial charge in [-0.15, -0.1) is 0 Å². The molecule has 6 heteroatoms.